The summed E-state index contributed by atoms with van der Waals surface area (Å²) in [4.78, 5) is 25.2. The molecule has 0 saturated heterocycles. The van der Waals surface area contributed by atoms with E-state index in [1.54, 1.807) is 32.7 Å². The number of hydrogen-bond acceptors (Lipinski definition) is 7. The van der Waals surface area contributed by atoms with Crippen LogP contribution < -0.4 is 19.8 Å². The molecule has 0 spiro atoms. The maximum Gasteiger partial charge on any atom is 0.259 e. The lowest BCUT2D eigenvalue weighted by atomic mass is 9.89. The van der Waals surface area contributed by atoms with E-state index < -0.39 is 0 Å². The summed E-state index contributed by atoms with van der Waals surface area (Å²) in [5, 5.41) is 0.789. The van der Waals surface area contributed by atoms with Crippen LogP contribution in [-0.4, -0.2) is 43.2 Å². The highest BCUT2D eigenvalue weighted by Crippen LogP contribution is 2.41. The maximum absolute atomic E-state index is 13.0. The molecule has 0 bridgehead atoms. The number of nitrogens with one attached hydrogen (secondary N) is 1. The van der Waals surface area contributed by atoms with Crippen LogP contribution in [-0.2, 0) is 19.4 Å². The quantitative estimate of drug-likeness (QED) is 0.569. The van der Waals surface area contributed by atoms with E-state index in [9.17, 15) is 4.79 Å². The smallest absolute Gasteiger partial charge is 0.259 e. The molecule has 1 aliphatic rings. The van der Waals surface area contributed by atoms with Crippen LogP contribution >= 0.6 is 11.3 Å². The van der Waals surface area contributed by atoms with E-state index in [-0.39, 0.29) is 11.6 Å². The van der Waals surface area contributed by atoms with Gasteiger partial charge in [-0.15, -0.1) is 11.3 Å². The van der Waals surface area contributed by atoms with Gasteiger partial charge in [0.25, 0.3) is 5.56 Å². The van der Waals surface area contributed by atoms with Gasteiger partial charge in [-0.2, -0.15) is 0 Å². The van der Waals surface area contributed by atoms with Crippen molar-refractivity contribution in [2.75, 3.05) is 28.4 Å². The molecule has 1 aromatic carbocycles. The van der Waals surface area contributed by atoms with Gasteiger partial charge in [0.15, 0.2) is 11.5 Å². The fourth-order valence-electron chi connectivity index (χ4n) is 4.47. The first kappa shape index (κ1) is 22.6. The zero-order chi connectivity index (χ0) is 23.0. The minimum absolute atomic E-state index is 0.0269. The van der Waals surface area contributed by atoms with Gasteiger partial charge in [-0.25, -0.2) is 4.98 Å². The van der Waals surface area contributed by atoms with Gasteiger partial charge in [0.05, 0.1) is 32.8 Å². The molecule has 172 valence electrons. The average molecular weight is 458 g/mol. The van der Waals surface area contributed by atoms with Crippen molar-refractivity contribution >= 4 is 21.6 Å². The summed E-state index contributed by atoms with van der Waals surface area (Å²) in [5.41, 5.74) is 2.14. The van der Waals surface area contributed by atoms with Crippen LogP contribution in [0.4, 0.5) is 0 Å². The lowest BCUT2D eigenvalue weighted by Crippen LogP contribution is -2.26. The molecule has 1 N–H and O–H groups in total. The van der Waals surface area contributed by atoms with E-state index in [1.807, 2.05) is 26.1 Å². The van der Waals surface area contributed by atoms with Gasteiger partial charge in [-0.1, -0.05) is 13.0 Å². The van der Waals surface area contributed by atoms with Gasteiger partial charge in [0.2, 0.25) is 5.75 Å². The van der Waals surface area contributed by atoms with Crippen LogP contribution in [0.3, 0.4) is 0 Å². The second-order valence-electron chi connectivity index (χ2n) is 8.57. The van der Waals surface area contributed by atoms with Crippen molar-refractivity contribution in [3.63, 3.8) is 0 Å². The Hall–Kier alpha value is -2.58. The summed E-state index contributed by atoms with van der Waals surface area (Å²) in [6, 6.07) is 3.75. The number of aromatic nitrogens is 2. The molecule has 0 radical (unpaired) electrons. The summed E-state index contributed by atoms with van der Waals surface area (Å²) < 4.78 is 16.5. The van der Waals surface area contributed by atoms with E-state index in [0.717, 1.165) is 35.0 Å². The lowest BCUT2D eigenvalue weighted by molar-refractivity contribution is 0.238. The highest BCUT2D eigenvalue weighted by Gasteiger charge is 2.25. The number of rotatable bonds is 7. The molecule has 2 aromatic heterocycles. The van der Waals surface area contributed by atoms with Gasteiger partial charge in [-0.3, -0.25) is 9.69 Å². The molecule has 8 heteroatoms. The number of methoxy groups -OCH3 is 3. The minimum atomic E-state index is -0.0945. The standard InChI is InChI=1S/C24H31N3O4S/c1-13-7-9-16-18(11-13)32-24-19(16)23(28)25-22(26-24)14(2)27(3)12-15-8-10-17(29-4)21(31-6)20(15)30-5/h8,10,13-14H,7,9,11-12H2,1-6H3,(H,25,26,28). The number of hydrogen-bond donors (Lipinski definition) is 1. The van der Waals surface area contributed by atoms with E-state index >= 15 is 0 Å². The van der Waals surface area contributed by atoms with Crippen LogP contribution in [0.1, 0.15) is 48.1 Å². The van der Waals surface area contributed by atoms with Crippen molar-refractivity contribution in [3.8, 4) is 17.2 Å². The van der Waals surface area contributed by atoms with Gasteiger partial charge >= 0.3 is 0 Å². The minimum Gasteiger partial charge on any atom is -0.493 e. The summed E-state index contributed by atoms with van der Waals surface area (Å²) in [7, 11) is 6.83. The number of thiophene rings is 1. The third-order valence-electron chi connectivity index (χ3n) is 6.45. The predicted molar refractivity (Wildman–Crippen MR) is 127 cm³/mol. The van der Waals surface area contributed by atoms with Crippen molar-refractivity contribution in [1.82, 2.24) is 14.9 Å². The van der Waals surface area contributed by atoms with Crippen molar-refractivity contribution in [3.05, 3.63) is 44.3 Å². The van der Waals surface area contributed by atoms with Gasteiger partial charge < -0.3 is 19.2 Å². The molecule has 2 heterocycles. The predicted octanol–water partition coefficient (Wildman–Crippen LogP) is 4.33. The maximum atomic E-state index is 13.0. The lowest BCUT2D eigenvalue weighted by Gasteiger charge is -2.25. The highest BCUT2D eigenvalue weighted by molar-refractivity contribution is 7.18. The number of nitrogens with zero attached hydrogens (tertiary/aromatic N) is 2. The third-order valence-corrected chi connectivity index (χ3v) is 7.59. The Balaban J connectivity index is 1.64. The third kappa shape index (κ3) is 3.97. The van der Waals surface area contributed by atoms with E-state index in [4.69, 9.17) is 19.2 Å². The first-order valence-corrected chi connectivity index (χ1v) is 11.7. The summed E-state index contributed by atoms with van der Waals surface area (Å²) in [5.74, 6) is 3.17. The van der Waals surface area contributed by atoms with E-state index in [0.29, 0.717) is 35.5 Å². The number of benzene rings is 1. The number of fused-ring (bicyclic) bond motifs is 3. The molecule has 32 heavy (non-hydrogen) atoms. The molecule has 0 aliphatic heterocycles. The molecular weight excluding hydrogens is 426 g/mol. The normalized spacial score (nSPS) is 16.8. The van der Waals surface area contributed by atoms with Crippen LogP contribution in [0.25, 0.3) is 10.2 Å². The van der Waals surface area contributed by atoms with Crippen molar-refractivity contribution in [1.29, 1.82) is 0 Å². The summed E-state index contributed by atoms with van der Waals surface area (Å²) >= 11 is 1.68. The van der Waals surface area contributed by atoms with Crippen LogP contribution in [0.15, 0.2) is 16.9 Å². The largest absolute Gasteiger partial charge is 0.493 e. The average Bonchev–Trinajstić information content (AvgIpc) is 3.15. The first-order valence-electron chi connectivity index (χ1n) is 10.9. The molecule has 4 rings (SSSR count). The summed E-state index contributed by atoms with van der Waals surface area (Å²) in [6.07, 6.45) is 3.14. The molecule has 0 fully saturated rings. The number of aromatic amines is 1. The molecule has 0 amide bonds. The fraction of sp³-hybridized carbons (Fsp3) is 0.500. The number of H-pyrrole nitrogens is 1. The van der Waals surface area contributed by atoms with Gasteiger partial charge in [-0.05, 0) is 50.8 Å². The highest BCUT2D eigenvalue weighted by atomic mass is 32.1. The second-order valence-corrected chi connectivity index (χ2v) is 9.65. The molecule has 0 saturated carbocycles. The Morgan fingerprint density at radius 2 is 1.97 bits per heavy atom. The molecule has 2 unspecified atom stereocenters. The molecule has 7 nitrogen and oxygen atoms in total. The Kier molecular flexibility index (Phi) is 6.44. The Morgan fingerprint density at radius 1 is 1.22 bits per heavy atom. The number of aryl methyl sites for hydroxylation is 1. The van der Waals surface area contributed by atoms with Crippen LogP contribution in [0.5, 0.6) is 17.2 Å². The van der Waals surface area contributed by atoms with Crippen molar-refractivity contribution < 1.29 is 14.2 Å². The summed E-state index contributed by atoms with van der Waals surface area (Å²) in [6.45, 7) is 4.91. The second kappa shape index (κ2) is 9.11. The van der Waals surface area contributed by atoms with E-state index in [2.05, 4.69) is 16.8 Å². The van der Waals surface area contributed by atoms with Crippen LogP contribution in [0, 0.1) is 5.92 Å². The Morgan fingerprint density at radius 3 is 2.66 bits per heavy atom. The first-order chi connectivity index (χ1) is 15.4. The van der Waals surface area contributed by atoms with Crippen molar-refractivity contribution in [2.24, 2.45) is 5.92 Å². The van der Waals surface area contributed by atoms with Gasteiger partial charge in [0, 0.05) is 17.0 Å². The molecule has 3 aromatic rings. The Bertz CT molecular complexity index is 1190. The SMILES string of the molecule is COc1ccc(CN(C)C(C)c2nc3sc4c(c3c(=O)[nH]2)CCC(C)C4)c(OC)c1OC. The number of ether oxygens (including phenoxy) is 3. The fourth-order valence-corrected chi connectivity index (χ4v) is 5.86. The Labute approximate surface area is 192 Å². The topological polar surface area (TPSA) is 76.7 Å². The van der Waals surface area contributed by atoms with Crippen LogP contribution in [0.2, 0.25) is 0 Å². The zero-order valence-electron chi connectivity index (χ0n) is 19.6. The zero-order valence-corrected chi connectivity index (χ0v) is 20.4. The van der Waals surface area contributed by atoms with Gasteiger partial charge in [0.1, 0.15) is 10.7 Å². The molecule has 2 atom stereocenters. The molecule has 1 aliphatic carbocycles. The van der Waals surface area contributed by atoms with Crippen molar-refractivity contribution in [2.45, 2.75) is 45.7 Å². The van der Waals surface area contributed by atoms with E-state index in [1.165, 1.54) is 10.4 Å². The molecular formula is C24H31N3O4S. The monoisotopic (exact) mass is 457 g/mol.